The molecule has 4 bridgehead atoms. The van der Waals surface area contributed by atoms with Crippen molar-refractivity contribution < 1.29 is 53.5 Å². The molecule has 59 heavy (non-hydrogen) atoms. The van der Waals surface area contributed by atoms with Crippen molar-refractivity contribution in [3.8, 4) is 0 Å². The van der Waals surface area contributed by atoms with Crippen LogP contribution >= 0.6 is 33.2 Å². The quantitative estimate of drug-likeness (QED) is 0.0792. The number of nitrogens with one attached hydrogen (secondary N) is 1. The van der Waals surface area contributed by atoms with E-state index in [0.29, 0.717) is 36.3 Å². The summed E-state index contributed by atoms with van der Waals surface area (Å²) in [6, 6.07) is 2.47. The average Bonchev–Trinajstić information content (AvgIpc) is 3.90. The summed E-state index contributed by atoms with van der Waals surface area (Å²) >= 11 is 6.74. The molecule has 2 fully saturated rings. The molecule has 4 rings (SSSR count). The monoisotopic (exact) mass is 881 g/mol. The lowest BCUT2D eigenvalue weighted by Crippen LogP contribution is -2.62. The van der Waals surface area contributed by atoms with Gasteiger partial charge < -0.3 is 39.3 Å². The number of carbonyl (C=O) groups is 5. The van der Waals surface area contributed by atoms with E-state index in [2.05, 4.69) is 5.32 Å². The van der Waals surface area contributed by atoms with Crippen LogP contribution in [0.1, 0.15) is 91.2 Å². The molecule has 0 spiro atoms. The molecule has 3 heterocycles. The van der Waals surface area contributed by atoms with E-state index in [4.69, 9.17) is 25.8 Å². The number of hydrogen-bond donors (Lipinski definition) is 4. The lowest BCUT2D eigenvalue weighted by Gasteiger charge is -2.42. The number of alkyl carbamates (subject to hydrolysis) is 1. The lowest BCUT2D eigenvalue weighted by atomic mass is 9.81. The number of hydrogen-bond acceptors (Lipinski definition) is 13. The van der Waals surface area contributed by atoms with Crippen LogP contribution in [0.15, 0.2) is 35.9 Å². The number of esters is 1. The van der Waals surface area contributed by atoms with Gasteiger partial charge in [-0.3, -0.25) is 19.7 Å². The first kappa shape index (κ1) is 48.5. The summed E-state index contributed by atoms with van der Waals surface area (Å²) in [5.74, 6) is -2.27. The zero-order valence-electron chi connectivity index (χ0n) is 35.2. The van der Waals surface area contributed by atoms with E-state index in [9.17, 15) is 39.3 Å². The molecule has 328 valence electrons. The molecule has 2 unspecified atom stereocenters. The maximum Gasteiger partial charge on any atom is 0.409 e. The van der Waals surface area contributed by atoms with E-state index >= 15 is 0 Å². The minimum absolute atomic E-state index is 0.104. The Morgan fingerprint density at radius 3 is 2.56 bits per heavy atom. The van der Waals surface area contributed by atoms with E-state index in [0.717, 1.165) is 17.6 Å². The molecule has 0 saturated carbocycles. The fourth-order valence-corrected chi connectivity index (χ4v) is 9.99. The van der Waals surface area contributed by atoms with Crippen LogP contribution in [-0.4, -0.2) is 117 Å². The number of ether oxygens (including phenoxy) is 3. The first-order valence-corrected chi connectivity index (χ1v) is 22.8. The predicted octanol–water partition coefficient (Wildman–Crippen LogP) is 5.51. The standard InChI is InChI=1S/C42H60ClN3O11S2/c1-9-31(49)14-13-25(3)59-58-16-15-35(50)45(7)27(5)39(52)56-34-20-36(51)46(8)32-19-28(18-29(22-47)37(32)43)17-24(2)11-10-12-30(23-48)42(54)21-33(55-40(53)44-42)26(4)38-41(34,6)57-38/h10-12,18-19,25-27,30,33-34,38,47-48,54H,9,13-17,20-23H2,1-8H3,(H,44,53)/b12-10+,24-11+/t25?,26-,27+,30+,33+,34+,38?,41+,42+/m1/s1. The second kappa shape index (κ2) is 21.1. The molecule has 0 aliphatic carbocycles. The number of ketones is 1. The Balaban J connectivity index is 1.61. The van der Waals surface area contributed by atoms with E-state index < -0.39 is 72.1 Å². The number of aliphatic hydroxyl groups is 3. The van der Waals surface area contributed by atoms with Crippen molar-refractivity contribution in [2.75, 3.05) is 31.4 Å². The maximum atomic E-state index is 14.2. The van der Waals surface area contributed by atoms with Crippen molar-refractivity contribution in [3.63, 3.8) is 0 Å². The van der Waals surface area contributed by atoms with Crippen LogP contribution in [0, 0.1) is 11.8 Å². The zero-order chi connectivity index (χ0) is 43.8. The molecule has 0 aromatic heterocycles. The van der Waals surface area contributed by atoms with Crippen LogP contribution in [0.4, 0.5) is 10.5 Å². The highest BCUT2D eigenvalue weighted by molar-refractivity contribution is 8.76. The summed E-state index contributed by atoms with van der Waals surface area (Å²) in [5.41, 5.74) is -0.782. The van der Waals surface area contributed by atoms with Gasteiger partial charge in [-0.1, -0.05) is 83.8 Å². The van der Waals surface area contributed by atoms with Gasteiger partial charge in [0.15, 0.2) is 5.72 Å². The Morgan fingerprint density at radius 2 is 1.90 bits per heavy atom. The van der Waals surface area contributed by atoms with Gasteiger partial charge in [-0.25, -0.2) is 9.59 Å². The number of epoxide rings is 1. The van der Waals surface area contributed by atoms with Crippen molar-refractivity contribution in [1.29, 1.82) is 0 Å². The van der Waals surface area contributed by atoms with Gasteiger partial charge in [0.2, 0.25) is 11.8 Å². The van der Waals surface area contributed by atoms with Gasteiger partial charge in [0, 0.05) is 62.6 Å². The van der Waals surface area contributed by atoms with Crippen molar-refractivity contribution in [2.24, 2.45) is 11.8 Å². The number of benzene rings is 1. The Labute approximate surface area is 360 Å². The van der Waals surface area contributed by atoms with E-state index in [1.54, 1.807) is 69.0 Å². The second-order valence-corrected chi connectivity index (χ2v) is 19.4. The van der Waals surface area contributed by atoms with Crippen molar-refractivity contribution in [2.45, 2.75) is 134 Å². The number of carbonyl (C=O) groups excluding carboxylic acids is 5. The normalized spacial score (nSPS) is 29.8. The van der Waals surface area contributed by atoms with E-state index in [1.807, 2.05) is 20.8 Å². The van der Waals surface area contributed by atoms with Crippen molar-refractivity contribution in [3.05, 3.63) is 52.1 Å². The van der Waals surface area contributed by atoms with Gasteiger partial charge in [-0.15, -0.1) is 0 Å². The molecule has 2 saturated heterocycles. The van der Waals surface area contributed by atoms with Gasteiger partial charge in [-0.2, -0.15) is 0 Å². The van der Waals surface area contributed by atoms with Crippen molar-refractivity contribution in [1.82, 2.24) is 10.2 Å². The summed E-state index contributed by atoms with van der Waals surface area (Å²) in [6.45, 7) is 9.90. The number of halogens is 1. The number of nitrogens with zero attached hydrogens (tertiary/aromatic N) is 2. The Kier molecular flexibility index (Phi) is 17.4. The third kappa shape index (κ3) is 12.3. The largest absolute Gasteiger partial charge is 0.457 e. The summed E-state index contributed by atoms with van der Waals surface area (Å²) < 4.78 is 18.0. The lowest BCUT2D eigenvalue weighted by molar-refractivity contribution is -0.161. The first-order chi connectivity index (χ1) is 27.8. The highest BCUT2D eigenvalue weighted by atomic mass is 35.5. The van der Waals surface area contributed by atoms with Gasteiger partial charge >= 0.3 is 12.1 Å². The number of allylic oxidation sites excluding steroid dienone is 3. The van der Waals surface area contributed by atoms with Crippen LogP contribution in [0.3, 0.4) is 0 Å². The number of anilines is 1. The van der Waals surface area contributed by atoms with Crippen LogP contribution in [0.2, 0.25) is 5.02 Å². The molecule has 14 nitrogen and oxygen atoms in total. The number of rotatable bonds is 14. The minimum Gasteiger partial charge on any atom is -0.457 e. The minimum atomic E-state index is -1.88. The molecule has 17 heteroatoms. The highest BCUT2D eigenvalue weighted by Gasteiger charge is 2.64. The predicted molar refractivity (Wildman–Crippen MR) is 229 cm³/mol. The Bertz CT molecular complexity index is 1780. The summed E-state index contributed by atoms with van der Waals surface area (Å²) in [4.78, 5) is 68.5. The number of fused-ring (bicyclic) bond motifs is 5. The molecule has 3 amide bonds. The fraction of sp³-hybridized carbons (Fsp3) is 0.643. The van der Waals surface area contributed by atoms with Crippen molar-refractivity contribution >= 4 is 68.5 Å². The summed E-state index contributed by atoms with van der Waals surface area (Å²) in [6.07, 6.45) is 3.33. The number of aliphatic hydroxyl groups excluding tert-OH is 2. The third-order valence-electron chi connectivity index (χ3n) is 11.6. The average molecular weight is 883 g/mol. The summed E-state index contributed by atoms with van der Waals surface area (Å²) in [5, 5.41) is 35.2. The molecule has 3 aliphatic heterocycles. The van der Waals surface area contributed by atoms with Gasteiger partial charge in [0.05, 0.1) is 36.4 Å². The molecule has 3 aliphatic rings. The van der Waals surface area contributed by atoms with Crippen LogP contribution in [0.5, 0.6) is 0 Å². The Morgan fingerprint density at radius 1 is 1.19 bits per heavy atom. The molecule has 9 atom stereocenters. The Hall–Kier alpha value is -3.12. The molecule has 0 radical (unpaired) electrons. The third-order valence-corrected chi connectivity index (χ3v) is 15.0. The van der Waals surface area contributed by atoms with Gasteiger partial charge in [0.25, 0.3) is 0 Å². The number of likely N-dealkylation sites (N-methyl/N-ethyl adjacent to an activating group) is 1. The van der Waals surface area contributed by atoms with Gasteiger partial charge in [0.1, 0.15) is 29.6 Å². The van der Waals surface area contributed by atoms with Crippen LogP contribution in [0.25, 0.3) is 0 Å². The second-order valence-electron chi connectivity index (χ2n) is 16.1. The molecule has 1 aromatic carbocycles. The van der Waals surface area contributed by atoms with E-state index in [1.165, 1.54) is 27.6 Å². The number of Topliss-reactive ketones (excluding diaryl/α,β-unsaturated/α-hetero) is 1. The van der Waals surface area contributed by atoms with E-state index in [-0.39, 0.29) is 47.8 Å². The smallest absolute Gasteiger partial charge is 0.409 e. The first-order valence-electron chi connectivity index (χ1n) is 20.1. The number of amides is 3. The highest BCUT2D eigenvalue weighted by Crippen LogP contribution is 2.49. The topological polar surface area (TPSA) is 196 Å². The molecule has 1 aromatic rings. The maximum absolute atomic E-state index is 14.2. The summed E-state index contributed by atoms with van der Waals surface area (Å²) in [7, 11) is 6.21. The van der Waals surface area contributed by atoms with Crippen LogP contribution < -0.4 is 10.2 Å². The van der Waals surface area contributed by atoms with Gasteiger partial charge in [-0.05, 0) is 50.8 Å². The SMILES string of the molecule is CCC(=O)CCC(C)SSCCC(=O)N(C)[C@@H](C)C(=O)O[C@H]1CC(=O)N(C)c2cc(cc(CO)c2Cl)C/C(C)=C/C=C/[C@@H](CO)[C@@]2(O)C[C@H](OC(=O)N2)[C@@H](C)C2O[C@]21C. The molecule has 4 N–H and O–H groups in total. The molecular weight excluding hydrogens is 822 g/mol. The van der Waals surface area contributed by atoms with Crippen LogP contribution in [-0.2, 0) is 46.4 Å². The molecular formula is C42H60ClN3O11S2. The zero-order valence-corrected chi connectivity index (χ0v) is 37.6. The fourth-order valence-electron chi connectivity index (χ4n) is 7.37.